The van der Waals surface area contributed by atoms with Crippen LogP contribution in [0.15, 0.2) is 22.7 Å². The second kappa shape index (κ2) is 6.13. The van der Waals surface area contributed by atoms with E-state index in [0.717, 1.165) is 6.07 Å². The van der Waals surface area contributed by atoms with Crippen LogP contribution in [0.3, 0.4) is 0 Å². The zero-order valence-corrected chi connectivity index (χ0v) is 12.6. The van der Waals surface area contributed by atoms with Gasteiger partial charge in [-0.1, -0.05) is 15.9 Å². The van der Waals surface area contributed by atoms with Crippen molar-refractivity contribution >= 4 is 33.4 Å². The number of carbonyl (C=O) groups excluding carboxylic acids is 1. The van der Waals surface area contributed by atoms with Gasteiger partial charge >= 0.3 is 6.18 Å². The summed E-state index contributed by atoms with van der Waals surface area (Å²) in [6.45, 7) is 1.72. The van der Waals surface area contributed by atoms with Gasteiger partial charge in [0.2, 0.25) is 0 Å². The van der Waals surface area contributed by atoms with Crippen LogP contribution in [-0.4, -0.2) is 29.8 Å². The highest BCUT2D eigenvalue weighted by molar-refractivity contribution is 9.10. The van der Waals surface area contributed by atoms with E-state index in [1.54, 1.807) is 6.92 Å². The number of benzene rings is 1. The maximum atomic E-state index is 12.7. The van der Waals surface area contributed by atoms with Gasteiger partial charge in [0.25, 0.3) is 5.91 Å². The standard InChI is InChI=1S/C12H12BrClF3NO/c1-7(6-14)18(2)11(19)8-3-4-10(13)9(5-8)12(15,16)17/h3-5,7H,6H2,1-2H3. The van der Waals surface area contributed by atoms with E-state index in [0.29, 0.717) is 0 Å². The minimum atomic E-state index is -4.51. The van der Waals surface area contributed by atoms with Gasteiger partial charge in [0, 0.05) is 29.0 Å². The molecule has 0 fully saturated rings. The molecular formula is C12H12BrClF3NO. The van der Waals surface area contributed by atoms with Crippen LogP contribution in [0.25, 0.3) is 0 Å². The molecule has 0 N–H and O–H groups in total. The van der Waals surface area contributed by atoms with E-state index >= 15 is 0 Å². The summed E-state index contributed by atoms with van der Waals surface area (Å²) in [4.78, 5) is 13.3. The van der Waals surface area contributed by atoms with Gasteiger partial charge in [0.05, 0.1) is 5.56 Å². The lowest BCUT2D eigenvalue weighted by Crippen LogP contribution is -2.36. The fourth-order valence-electron chi connectivity index (χ4n) is 1.38. The predicted octanol–water partition coefficient (Wildman–Crippen LogP) is 4.17. The molecule has 2 nitrogen and oxygen atoms in total. The molecule has 0 aliphatic rings. The summed E-state index contributed by atoms with van der Waals surface area (Å²) in [5, 5.41) is 0. The first-order chi connectivity index (χ1) is 8.68. The number of hydrogen-bond acceptors (Lipinski definition) is 1. The molecule has 1 atom stereocenters. The van der Waals surface area contributed by atoms with Crippen molar-refractivity contribution in [2.24, 2.45) is 0 Å². The van der Waals surface area contributed by atoms with Gasteiger partial charge in [-0.2, -0.15) is 13.2 Å². The monoisotopic (exact) mass is 357 g/mol. The van der Waals surface area contributed by atoms with Crippen molar-refractivity contribution in [2.45, 2.75) is 19.1 Å². The van der Waals surface area contributed by atoms with Crippen LogP contribution in [0, 0.1) is 0 Å². The van der Waals surface area contributed by atoms with E-state index in [4.69, 9.17) is 11.6 Å². The SMILES string of the molecule is CC(CCl)N(C)C(=O)c1ccc(Br)c(C(F)(F)F)c1. The molecule has 0 aromatic heterocycles. The zero-order chi connectivity index (χ0) is 14.8. The predicted molar refractivity (Wildman–Crippen MR) is 71.4 cm³/mol. The van der Waals surface area contributed by atoms with Crippen molar-refractivity contribution in [3.8, 4) is 0 Å². The first kappa shape index (κ1) is 16.3. The molecule has 0 saturated carbocycles. The molecule has 19 heavy (non-hydrogen) atoms. The first-order valence-electron chi connectivity index (χ1n) is 5.38. The first-order valence-corrected chi connectivity index (χ1v) is 6.71. The summed E-state index contributed by atoms with van der Waals surface area (Å²) in [5.74, 6) is -0.281. The molecule has 7 heteroatoms. The largest absolute Gasteiger partial charge is 0.417 e. The lowest BCUT2D eigenvalue weighted by Gasteiger charge is -2.23. The van der Waals surface area contributed by atoms with Crippen molar-refractivity contribution in [1.82, 2.24) is 4.90 Å². The zero-order valence-electron chi connectivity index (χ0n) is 10.3. The molecule has 1 aromatic carbocycles. The maximum Gasteiger partial charge on any atom is 0.417 e. The molecule has 0 radical (unpaired) electrons. The average molecular weight is 359 g/mol. The van der Waals surface area contributed by atoms with Crippen molar-refractivity contribution < 1.29 is 18.0 Å². The van der Waals surface area contributed by atoms with Gasteiger partial charge in [-0.15, -0.1) is 11.6 Å². The fourth-order valence-corrected chi connectivity index (χ4v) is 2.06. The van der Waals surface area contributed by atoms with Gasteiger partial charge in [-0.05, 0) is 25.1 Å². The van der Waals surface area contributed by atoms with Crippen molar-refractivity contribution in [3.05, 3.63) is 33.8 Å². The Morgan fingerprint density at radius 2 is 2.05 bits per heavy atom. The Hall–Kier alpha value is -0.750. The van der Waals surface area contributed by atoms with Crippen LogP contribution in [0.2, 0.25) is 0 Å². The molecule has 0 aliphatic heterocycles. The Balaban J connectivity index is 3.13. The topological polar surface area (TPSA) is 20.3 Å². The molecule has 1 amide bonds. The normalized spacial score (nSPS) is 13.2. The Morgan fingerprint density at radius 1 is 1.47 bits per heavy atom. The summed E-state index contributed by atoms with van der Waals surface area (Å²) in [5.41, 5.74) is -0.889. The van der Waals surface area contributed by atoms with Crippen LogP contribution in [-0.2, 0) is 6.18 Å². The lowest BCUT2D eigenvalue weighted by atomic mass is 10.1. The van der Waals surface area contributed by atoms with Crippen LogP contribution >= 0.6 is 27.5 Å². The van der Waals surface area contributed by atoms with E-state index in [2.05, 4.69) is 15.9 Å². The van der Waals surface area contributed by atoms with Crippen molar-refractivity contribution in [1.29, 1.82) is 0 Å². The van der Waals surface area contributed by atoms with E-state index in [-0.39, 0.29) is 22.0 Å². The quantitative estimate of drug-likeness (QED) is 0.743. The molecule has 0 aliphatic carbocycles. The Labute approximate surface area is 122 Å². The van der Waals surface area contributed by atoms with Crippen molar-refractivity contribution in [2.75, 3.05) is 12.9 Å². The van der Waals surface area contributed by atoms with Crippen LogP contribution in [0.5, 0.6) is 0 Å². The third-order valence-electron chi connectivity index (χ3n) is 2.72. The van der Waals surface area contributed by atoms with E-state index in [1.165, 1.54) is 24.1 Å². The number of amides is 1. The molecule has 1 rings (SSSR count). The molecule has 0 heterocycles. The Morgan fingerprint density at radius 3 is 2.53 bits per heavy atom. The van der Waals surface area contributed by atoms with Gasteiger partial charge in [-0.3, -0.25) is 4.79 Å². The second-order valence-electron chi connectivity index (χ2n) is 4.11. The highest BCUT2D eigenvalue weighted by Gasteiger charge is 2.34. The van der Waals surface area contributed by atoms with Crippen LogP contribution in [0.4, 0.5) is 13.2 Å². The van der Waals surface area contributed by atoms with Crippen LogP contribution in [0.1, 0.15) is 22.8 Å². The Kier molecular flexibility index (Phi) is 5.26. The third-order valence-corrected chi connectivity index (χ3v) is 3.86. The minimum absolute atomic E-state index is 0.0185. The summed E-state index contributed by atoms with van der Waals surface area (Å²) in [6.07, 6.45) is -4.51. The van der Waals surface area contributed by atoms with Gasteiger partial charge in [-0.25, -0.2) is 0 Å². The van der Waals surface area contributed by atoms with Crippen LogP contribution < -0.4 is 0 Å². The lowest BCUT2D eigenvalue weighted by molar-refractivity contribution is -0.138. The van der Waals surface area contributed by atoms with E-state index in [1.807, 2.05) is 0 Å². The van der Waals surface area contributed by atoms with Gasteiger partial charge in [0.1, 0.15) is 0 Å². The van der Waals surface area contributed by atoms with E-state index < -0.39 is 17.6 Å². The number of alkyl halides is 4. The van der Waals surface area contributed by atoms with E-state index in [9.17, 15) is 18.0 Å². The average Bonchev–Trinajstić information content (AvgIpc) is 2.35. The molecule has 0 spiro atoms. The molecule has 0 saturated heterocycles. The van der Waals surface area contributed by atoms with Crippen molar-refractivity contribution in [3.63, 3.8) is 0 Å². The molecule has 0 bridgehead atoms. The van der Waals surface area contributed by atoms with Gasteiger partial charge < -0.3 is 4.90 Å². The summed E-state index contributed by atoms with van der Waals surface area (Å²) < 4.78 is 38.1. The number of nitrogens with zero attached hydrogens (tertiary/aromatic N) is 1. The maximum absolute atomic E-state index is 12.7. The second-order valence-corrected chi connectivity index (χ2v) is 5.27. The Bertz CT molecular complexity index is 479. The number of hydrogen-bond donors (Lipinski definition) is 0. The minimum Gasteiger partial charge on any atom is -0.338 e. The number of carbonyl (C=O) groups is 1. The highest BCUT2D eigenvalue weighted by Crippen LogP contribution is 2.35. The van der Waals surface area contributed by atoms with Gasteiger partial charge in [0.15, 0.2) is 0 Å². The number of halogens is 5. The summed E-state index contributed by atoms with van der Waals surface area (Å²) >= 11 is 8.46. The molecule has 106 valence electrons. The summed E-state index contributed by atoms with van der Waals surface area (Å²) in [6, 6.07) is 3.14. The molecule has 1 aromatic rings. The molecule has 1 unspecified atom stereocenters. The highest BCUT2D eigenvalue weighted by atomic mass is 79.9. The fraction of sp³-hybridized carbons (Fsp3) is 0.417. The third kappa shape index (κ3) is 3.86. The summed E-state index contributed by atoms with van der Waals surface area (Å²) in [7, 11) is 1.50. The smallest absolute Gasteiger partial charge is 0.338 e. The number of rotatable bonds is 3. The molecular weight excluding hydrogens is 346 g/mol.